The monoisotopic (exact) mass is 943 g/mol. The van der Waals surface area contributed by atoms with Gasteiger partial charge in [-0.1, -0.05) is 231 Å². The maximum atomic E-state index is 5.51. The van der Waals surface area contributed by atoms with Crippen molar-refractivity contribution in [3.63, 3.8) is 0 Å². The van der Waals surface area contributed by atoms with Gasteiger partial charge in [-0.3, -0.25) is 4.57 Å². The molecule has 0 radical (unpaired) electrons. The Balaban J connectivity index is 1.05. The van der Waals surface area contributed by atoms with E-state index in [1.807, 2.05) is 12.1 Å². The summed E-state index contributed by atoms with van der Waals surface area (Å²) in [7, 11) is 0. The fraction of sp³-hybridized carbons (Fsp3) is 0. The van der Waals surface area contributed by atoms with E-state index in [0.29, 0.717) is 17.6 Å². The summed E-state index contributed by atoms with van der Waals surface area (Å²) in [5, 5.41) is 4.51. The molecule has 0 spiro atoms. The molecule has 346 valence electrons. The highest BCUT2D eigenvalue weighted by Gasteiger charge is 2.25. The molecule has 0 fully saturated rings. The Morgan fingerprint density at radius 3 is 1.22 bits per heavy atom. The average Bonchev–Trinajstić information content (AvgIpc) is 4.02. The summed E-state index contributed by atoms with van der Waals surface area (Å²) in [6.07, 6.45) is 0. The highest BCUT2D eigenvalue weighted by molar-refractivity contribution is 6.24. The molecule has 0 bridgehead atoms. The van der Waals surface area contributed by atoms with Crippen molar-refractivity contribution in [3.05, 3.63) is 273 Å². The lowest BCUT2D eigenvalue weighted by Gasteiger charge is -2.17. The van der Waals surface area contributed by atoms with Crippen molar-refractivity contribution in [1.82, 2.24) is 24.1 Å². The van der Waals surface area contributed by atoms with Crippen LogP contribution in [0.5, 0.6) is 0 Å². The second kappa shape index (κ2) is 18.0. The van der Waals surface area contributed by atoms with Crippen LogP contribution in [0.2, 0.25) is 0 Å². The zero-order chi connectivity index (χ0) is 49.0. The van der Waals surface area contributed by atoms with Crippen LogP contribution in [0.15, 0.2) is 273 Å². The zero-order valence-electron chi connectivity index (χ0n) is 40.2. The topological polar surface area (TPSA) is 48.5 Å². The lowest BCUT2D eigenvalue weighted by Crippen LogP contribution is -2.07. The van der Waals surface area contributed by atoms with E-state index in [9.17, 15) is 0 Å². The van der Waals surface area contributed by atoms with Crippen LogP contribution < -0.4 is 0 Å². The molecular formula is C69H45N5. The predicted molar refractivity (Wildman–Crippen MR) is 307 cm³/mol. The zero-order valence-corrected chi connectivity index (χ0v) is 40.2. The van der Waals surface area contributed by atoms with Crippen molar-refractivity contribution < 1.29 is 0 Å². The maximum Gasteiger partial charge on any atom is 0.238 e. The van der Waals surface area contributed by atoms with Crippen molar-refractivity contribution in [2.45, 2.75) is 0 Å². The highest BCUT2D eigenvalue weighted by Crippen LogP contribution is 2.44. The van der Waals surface area contributed by atoms with Gasteiger partial charge >= 0.3 is 0 Å². The van der Waals surface area contributed by atoms with E-state index in [2.05, 4.69) is 270 Å². The number of benzene rings is 11. The number of nitrogens with zero attached hydrogens (tertiary/aromatic N) is 5. The Labute approximate surface area is 428 Å². The van der Waals surface area contributed by atoms with E-state index >= 15 is 0 Å². The molecule has 11 aromatic carbocycles. The molecule has 74 heavy (non-hydrogen) atoms. The summed E-state index contributed by atoms with van der Waals surface area (Å²) in [5.41, 5.74) is 18.5. The molecule has 0 aliphatic rings. The molecule has 3 heterocycles. The van der Waals surface area contributed by atoms with Crippen molar-refractivity contribution >= 4 is 43.6 Å². The van der Waals surface area contributed by atoms with E-state index in [0.717, 1.165) is 105 Å². The van der Waals surface area contributed by atoms with Crippen LogP contribution in [-0.4, -0.2) is 24.1 Å². The van der Waals surface area contributed by atoms with Crippen LogP contribution in [0.4, 0.5) is 0 Å². The number of hydrogen-bond donors (Lipinski definition) is 0. The van der Waals surface area contributed by atoms with Gasteiger partial charge in [-0.25, -0.2) is 4.98 Å². The third-order valence-electron chi connectivity index (χ3n) is 14.4. The van der Waals surface area contributed by atoms with Gasteiger partial charge in [0.25, 0.3) is 0 Å². The van der Waals surface area contributed by atoms with Gasteiger partial charge in [0.2, 0.25) is 5.95 Å². The van der Waals surface area contributed by atoms with Crippen molar-refractivity contribution in [2.75, 3.05) is 0 Å². The van der Waals surface area contributed by atoms with Crippen LogP contribution in [0, 0.1) is 0 Å². The minimum Gasteiger partial charge on any atom is -0.307 e. The summed E-state index contributed by atoms with van der Waals surface area (Å²) < 4.78 is 4.76. The SMILES string of the molecule is c1ccc(-c2ccc(-c3nc(-c4cccc(-c5ccccc5)c4)nc(-n4c5ccccc5c5ccc6c7ccccc7n(-c7ccccc7-c7cc(-c8ccccc8)cc(-c8ccccc8)c7)c6c54)n3)cc2)cc1. The molecule has 3 aromatic heterocycles. The molecule has 5 heteroatoms. The van der Waals surface area contributed by atoms with E-state index in [4.69, 9.17) is 15.0 Å². The lowest BCUT2D eigenvalue weighted by atomic mass is 9.92. The van der Waals surface area contributed by atoms with Gasteiger partial charge in [0.1, 0.15) is 0 Å². The molecule has 0 aliphatic carbocycles. The molecule has 0 saturated carbocycles. The smallest absolute Gasteiger partial charge is 0.238 e. The van der Waals surface area contributed by atoms with Crippen molar-refractivity contribution in [1.29, 1.82) is 0 Å². The molecule has 0 amide bonds. The molecule has 0 aliphatic heterocycles. The largest absolute Gasteiger partial charge is 0.307 e. The number of para-hydroxylation sites is 3. The number of rotatable bonds is 9. The Kier molecular flexibility index (Phi) is 10.4. The number of hydrogen-bond acceptors (Lipinski definition) is 3. The minimum atomic E-state index is 0.536. The summed E-state index contributed by atoms with van der Waals surface area (Å²) in [6, 6.07) is 97.3. The van der Waals surface area contributed by atoms with Crippen LogP contribution in [0.3, 0.4) is 0 Å². The second-order valence-electron chi connectivity index (χ2n) is 18.8. The van der Waals surface area contributed by atoms with Crippen LogP contribution in [0.25, 0.3) is 134 Å². The molecule has 14 rings (SSSR count). The first-order valence-electron chi connectivity index (χ1n) is 25.1. The Hall–Kier alpha value is -9.97. The third kappa shape index (κ3) is 7.46. The van der Waals surface area contributed by atoms with E-state index in [-0.39, 0.29) is 0 Å². The average molecular weight is 944 g/mol. The summed E-state index contributed by atoms with van der Waals surface area (Å²) >= 11 is 0. The summed E-state index contributed by atoms with van der Waals surface area (Å²) in [6.45, 7) is 0. The first-order valence-corrected chi connectivity index (χ1v) is 25.1. The first kappa shape index (κ1) is 42.9. The van der Waals surface area contributed by atoms with Crippen molar-refractivity contribution in [3.8, 4) is 90.0 Å². The van der Waals surface area contributed by atoms with Gasteiger partial charge in [0.05, 0.1) is 27.8 Å². The fourth-order valence-corrected chi connectivity index (χ4v) is 10.9. The minimum absolute atomic E-state index is 0.536. The lowest BCUT2D eigenvalue weighted by molar-refractivity contribution is 0.953. The Morgan fingerprint density at radius 2 is 0.622 bits per heavy atom. The van der Waals surface area contributed by atoms with Gasteiger partial charge in [0, 0.05) is 38.2 Å². The third-order valence-corrected chi connectivity index (χ3v) is 14.4. The van der Waals surface area contributed by atoms with Crippen LogP contribution in [-0.2, 0) is 0 Å². The molecule has 0 N–H and O–H groups in total. The maximum absolute atomic E-state index is 5.51. The van der Waals surface area contributed by atoms with Gasteiger partial charge in [0.15, 0.2) is 11.6 Å². The summed E-state index contributed by atoms with van der Waals surface area (Å²) in [5.74, 6) is 1.71. The second-order valence-corrected chi connectivity index (χ2v) is 18.8. The normalized spacial score (nSPS) is 11.5. The van der Waals surface area contributed by atoms with Crippen LogP contribution >= 0.6 is 0 Å². The van der Waals surface area contributed by atoms with Gasteiger partial charge in [-0.05, 0) is 92.5 Å². The van der Waals surface area contributed by atoms with Gasteiger partial charge in [-0.15, -0.1) is 0 Å². The predicted octanol–water partition coefficient (Wildman–Crippen LogP) is 17.7. The first-order chi connectivity index (χ1) is 36.7. The fourth-order valence-electron chi connectivity index (χ4n) is 10.9. The highest BCUT2D eigenvalue weighted by atomic mass is 15.2. The van der Waals surface area contributed by atoms with E-state index in [1.165, 1.54) is 11.1 Å². The van der Waals surface area contributed by atoms with E-state index < -0.39 is 0 Å². The number of fused-ring (bicyclic) bond motifs is 7. The number of aromatic nitrogens is 5. The molecule has 5 nitrogen and oxygen atoms in total. The molecular weight excluding hydrogens is 899 g/mol. The molecule has 0 unspecified atom stereocenters. The molecule has 0 saturated heterocycles. The van der Waals surface area contributed by atoms with Gasteiger partial charge in [-0.2, -0.15) is 9.97 Å². The summed E-state index contributed by atoms with van der Waals surface area (Å²) in [4.78, 5) is 16.3. The molecule has 14 aromatic rings. The van der Waals surface area contributed by atoms with Crippen LogP contribution in [0.1, 0.15) is 0 Å². The standard InChI is InChI=1S/C69H45N5/c1-5-20-46(21-6-1)50-36-38-51(39-37-50)67-70-68(53-29-19-28-52(42-53)47-22-7-2-8-23-47)72-69(71-67)74-64-35-18-15-32-59(64)61-41-40-60-58-31-14-17-34-63(58)73(65(60)66(61)74)62-33-16-13-30-57(62)56-44-54(48-24-9-3-10-25-48)43-55(45-56)49-26-11-4-12-27-49/h1-45H. The van der Waals surface area contributed by atoms with E-state index in [1.54, 1.807) is 0 Å². The Morgan fingerprint density at radius 1 is 0.230 bits per heavy atom. The Bertz CT molecular complexity index is 4330. The van der Waals surface area contributed by atoms with Gasteiger partial charge < -0.3 is 4.57 Å². The molecule has 0 atom stereocenters. The quantitative estimate of drug-likeness (QED) is 0.145. The van der Waals surface area contributed by atoms with Crippen molar-refractivity contribution in [2.24, 2.45) is 0 Å².